The lowest BCUT2D eigenvalue weighted by Crippen LogP contribution is -2.62. The molecule has 128 valence electrons. The number of sulfone groups is 1. The topological polar surface area (TPSA) is 69.7 Å². The molecular weight excluding hydrogens is 314 g/mol. The molecule has 1 amide bonds. The molecule has 1 unspecified atom stereocenters. The van der Waals surface area contributed by atoms with E-state index in [1.54, 1.807) is 4.90 Å². The molecule has 0 aliphatic carbocycles. The highest BCUT2D eigenvalue weighted by molar-refractivity contribution is 7.95. The van der Waals surface area contributed by atoms with Crippen LogP contribution >= 0.6 is 0 Å². The molecule has 1 N–H and O–H groups in total. The first-order valence-electron chi connectivity index (χ1n) is 7.88. The molecule has 2 rings (SSSR count). The largest absolute Gasteiger partial charge is 0.340 e. The fourth-order valence-corrected chi connectivity index (χ4v) is 4.25. The van der Waals surface area contributed by atoms with Gasteiger partial charge in [0.15, 0.2) is 9.84 Å². The van der Waals surface area contributed by atoms with E-state index in [-0.39, 0.29) is 23.0 Å². The number of carbonyl (C=O) groups is 1. The number of fused-ring (bicyclic) bond motifs is 1. The Bertz CT molecular complexity index is 598. The minimum Gasteiger partial charge on any atom is -0.340 e. The number of nitrogens with one attached hydrogen (secondary N) is 1. The lowest BCUT2D eigenvalue weighted by atomic mass is 10.1. The Kier molecular flexibility index (Phi) is 6.15. The predicted octanol–water partition coefficient (Wildman–Crippen LogP) is 0.163. The van der Waals surface area contributed by atoms with Crippen LogP contribution in [0.1, 0.15) is 6.42 Å². The van der Waals surface area contributed by atoms with E-state index in [4.69, 9.17) is 0 Å². The summed E-state index contributed by atoms with van der Waals surface area (Å²) in [6.45, 7) is 12.1. The number of amides is 1. The van der Waals surface area contributed by atoms with Crippen LogP contribution in [0.2, 0.25) is 0 Å². The second kappa shape index (κ2) is 7.90. The molecule has 0 saturated carbocycles. The second-order valence-electron chi connectivity index (χ2n) is 5.81. The van der Waals surface area contributed by atoms with Gasteiger partial charge >= 0.3 is 0 Å². The first kappa shape index (κ1) is 17.9. The summed E-state index contributed by atoms with van der Waals surface area (Å²) in [6.07, 6.45) is 4.10. The third-order valence-electron chi connectivity index (χ3n) is 4.34. The van der Waals surface area contributed by atoms with Crippen molar-refractivity contribution < 1.29 is 13.2 Å². The summed E-state index contributed by atoms with van der Waals surface area (Å²) in [5, 5.41) is 3.33. The molecule has 2 aliphatic heterocycles. The Morgan fingerprint density at radius 1 is 1.26 bits per heavy atom. The fourth-order valence-electron chi connectivity index (χ4n) is 3.01. The predicted molar refractivity (Wildman–Crippen MR) is 91.7 cm³/mol. The molecule has 2 saturated heterocycles. The van der Waals surface area contributed by atoms with E-state index in [9.17, 15) is 13.2 Å². The van der Waals surface area contributed by atoms with Crippen molar-refractivity contribution in [3.8, 4) is 0 Å². The first-order valence-corrected chi connectivity index (χ1v) is 9.53. The Hall–Kier alpha value is -1.44. The van der Waals surface area contributed by atoms with Gasteiger partial charge in [-0.1, -0.05) is 25.3 Å². The summed E-state index contributed by atoms with van der Waals surface area (Å²) in [4.78, 5) is 16.6. The van der Waals surface area contributed by atoms with E-state index in [2.05, 4.69) is 23.4 Å². The van der Waals surface area contributed by atoms with Crippen molar-refractivity contribution in [2.45, 2.75) is 12.5 Å². The minimum absolute atomic E-state index is 0.00477. The number of piperazine rings is 2. The van der Waals surface area contributed by atoms with Crippen LogP contribution in [0, 0.1) is 0 Å². The second-order valence-corrected chi connectivity index (χ2v) is 7.92. The van der Waals surface area contributed by atoms with Crippen molar-refractivity contribution in [1.29, 1.82) is 0 Å². The zero-order valence-electron chi connectivity index (χ0n) is 13.4. The molecule has 0 spiro atoms. The first-order chi connectivity index (χ1) is 11.0. The molecule has 0 radical (unpaired) electrons. The number of hydrogen-bond acceptors (Lipinski definition) is 5. The SMILES string of the molecule is C=C/C=C(\C=C)S(=O)(=O)CCC(=O)N1CCN2CCNCC2C1. The standard InChI is InChI=1S/C16H25N3O3S/c1-3-5-15(4-2)23(21,22)11-6-16(20)19-10-9-18-8-7-17-12-14(18)13-19/h3-5,14,17H,1-2,6-13H2/b15-5+. The van der Waals surface area contributed by atoms with Gasteiger partial charge in [-0.05, 0) is 6.08 Å². The summed E-state index contributed by atoms with van der Waals surface area (Å²) in [7, 11) is -3.49. The normalized spacial score (nSPS) is 23.2. The Morgan fingerprint density at radius 3 is 2.74 bits per heavy atom. The lowest BCUT2D eigenvalue weighted by Gasteiger charge is -2.44. The maximum absolute atomic E-state index is 12.3. The molecule has 6 nitrogen and oxygen atoms in total. The molecule has 2 fully saturated rings. The van der Waals surface area contributed by atoms with E-state index in [1.807, 2.05) is 0 Å². The van der Waals surface area contributed by atoms with Gasteiger partial charge < -0.3 is 10.2 Å². The molecule has 0 aromatic rings. The lowest BCUT2D eigenvalue weighted by molar-refractivity contribution is -0.134. The molecule has 0 aromatic carbocycles. The van der Waals surface area contributed by atoms with Crippen molar-refractivity contribution in [2.24, 2.45) is 0 Å². The molecule has 0 aromatic heterocycles. The van der Waals surface area contributed by atoms with Crippen LogP contribution in [0.5, 0.6) is 0 Å². The molecule has 0 bridgehead atoms. The summed E-state index contributed by atoms with van der Waals surface area (Å²) < 4.78 is 24.4. The van der Waals surface area contributed by atoms with E-state index in [1.165, 1.54) is 18.2 Å². The monoisotopic (exact) mass is 339 g/mol. The number of allylic oxidation sites excluding steroid dienone is 3. The van der Waals surface area contributed by atoms with E-state index >= 15 is 0 Å². The van der Waals surface area contributed by atoms with Gasteiger partial charge in [0, 0.05) is 51.7 Å². The van der Waals surface area contributed by atoms with Gasteiger partial charge in [0.05, 0.1) is 10.7 Å². The van der Waals surface area contributed by atoms with Crippen LogP contribution in [0.4, 0.5) is 0 Å². The number of carbonyl (C=O) groups excluding carboxylic acids is 1. The third kappa shape index (κ3) is 4.53. The highest BCUT2D eigenvalue weighted by atomic mass is 32.2. The molecule has 1 atom stereocenters. The van der Waals surface area contributed by atoms with Crippen molar-refractivity contribution in [1.82, 2.24) is 15.1 Å². The molecule has 2 aliphatic rings. The zero-order chi connectivity index (χ0) is 16.9. The Labute approximate surface area is 138 Å². The van der Waals surface area contributed by atoms with Gasteiger partial charge in [-0.15, -0.1) is 0 Å². The third-order valence-corrected chi connectivity index (χ3v) is 6.10. The minimum atomic E-state index is -3.49. The van der Waals surface area contributed by atoms with Crippen LogP contribution < -0.4 is 5.32 Å². The van der Waals surface area contributed by atoms with Crippen LogP contribution in [0.25, 0.3) is 0 Å². The summed E-state index contributed by atoms with van der Waals surface area (Å²) in [5.74, 6) is -0.290. The van der Waals surface area contributed by atoms with Gasteiger partial charge in [-0.3, -0.25) is 9.69 Å². The van der Waals surface area contributed by atoms with Crippen LogP contribution in [-0.2, 0) is 14.6 Å². The maximum Gasteiger partial charge on any atom is 0.223 e. The van der Waals surface area contributed by atoms with Gasteiger partial charge in [0.1, 0.15) is 0 Å². The number of rotatable bonds is 6. The molecule has 2 heterocycles. The Morgan fingerprint density at radius 2 is 2.04 bits per heavy atom. The van der Waals surface area contributed by atoms with Gasteiger partial charge in [-0.2, -0.15) is 0 Å². The average molecular weight is 339 g/mol. The highest BCUT2D eigenvalue weighted by Gasteiger charge is 2.31. The van der Waals surface area contributed by atoms with Crippen LogP contribution in [-0.4, -0.2) is 75.2 Å². The van der Waals surface area contributed by atoms with Crippen LogP contribution in [0.15, 0.2) is 36.3 Å². The van der Waals surface area contributed by atoms with Gasteiger partial charge in [0.2, 0.25) is 5.91 Å². The zero-order valence-corrected chi connectivity index (χ0v) is 14.2. The molecule has 23 heavy (non-hydrogen) atoms. The maximum atomic E-state index is 12.3. The van der Waals surface area contributed by atoms with Crippen LogP contribution in [0.3, 0.4) is 0 Å². The van der Waals surface area contributed by atoms with Crippen molar-refractivity contribution >= 4 is 15.7 Å². The molecule has 7 heteroatoms. The quantitative estimate of drug-likeness (QED) is 0.698. The number of hydrogen-bond donors (Lipinski definition) is 1. The summed E-state index contributed by atoms with van der Waals surface area (Å²) in [5.41, 5.74) is 0. The van der Waals surface area contributed by atoms with E-state index < -0.39 is 9.84 Å². The van der Waals surface area contributed by atoms with Crippen molar-refractivity contribution in [2.75, 3.05) is 45.0 Å². The molecular formula is C16H25N3O3S. The van der Waals surface area contributed by atoms with E-state index in [0.29, 0.717) is 19.1 Å². The highest BCUT2D eigenvalue weighted by Crippen LogP contribution is 2.15. The Balaban J connectivity index is 1.91. The van der Waals surface area contributed by atoms with E-state index in [0.717, 1.165) is 26.2 Å². The average Bonchev–Trinajstić information content (AvgIpc) is 2.57. The van der Waals surface area contributed by atoms with Crippen molar-refractivity contribution in [3.05, 3.63) is 36.3 Å². The summed E-state index contributed by atoms with van der Waals surface area (Å²) >= 11 is 0. The number of nitrogens with zero attached hydrogens (tertiary/aromatic N) is 2. The fraction of sp³-hybridized carbons (Fsp3) is 0.562. The smallest absolute Gasteiger partial charge is 0.223 e. The van der Waals surface area contributed by atoms with Gasteiger partial charge in [-0.25, -0.2) is 8.42 Å². The summed E-state index contributed by atoms with van der Waals surface area (Å²) in [6, 6.07) is 0.336. The van der Waals surface area contributed by atoms with Crippen molar-refractivity contribution in [3.63, 3.8) is 0 Å². The van der Waals surface area contributed by atoms with Gasteiger partial charge in [0.25, 0.3) is 0 Å².